The second-order valence-electron chi connectivity index (χ2n) is 9.89. The van der Waals surface area contributed by atoms with Gasteiger partial charge in [-0.25, -0.2) is 4.68 Å². The van der Waals surface area contributed by atoms with Crippen molar-refractivity contribution in [2.24, 2.45) is 14.1 Å². The lowest BCUT2D eigenvalue weighted by molar-refractivity contribution is -0.143. The lowest BCUT2D eigenvalue weighted by Gasteiger charge is -2.38. The Bertz CT molecular complexity index is 1840. The maximum atomic E-state index is 13.7. The molecule has 1 aliphatic rings. The van der Waals surface area contributed by atoms with Crippen LogP contribution in [0, 0.1) is 0 Å². The van der Waals surface area contributed by atoms with E-state index in [1.807, 2.05) is 13.2 Å². The number of piperazine rings is 1. The second-order valence-corrected chi connectivity index (χ2v) is 10.7. The number of aryl methyl sites for hydroxylation is 2. The molecule has 0 bridgehead atoms. The number of hydrogen-bond donors (Lipinski definition) is 1. The number of nitrogens with zero attached hydrogens (tertiary/aromatic N) is 9. The summed E-state index contributed by atoms with van der Waals surface area (Å²) >= 11 is 12.2. The van der Waals surface area contributed by atoms with Gasteiger partial charge in [0.15, 0.2) is 5.15 Å². The van der Waals surface area contributed by atoms with Crippen LogP contribution < -0.4 is 10.2 Å². The summed E-state index contributed by atoms with van der Waals surface area (Å²) in [4.78, 5) is 43.6. The highest BCUT2D eigenvalue weighted by Gasteiger charge is 2.39. The fourth-order valence-corrected chi connectivity index (χ4v) is 5.26. The molecule has 42 heavy (non-hydrogen) atoms. The minimum Gasteiger partial charge on any atom is -0.324 e. The van der Waals surface area contributed by atoms with Crippen LogP contribution in [0.1, 0.15) is 5.69 Å². The van der Waals surface area contributed by atoms with E-state index in [9.17, 15) is 14.4 Å². The molecule has 214 valence electrons. The van der Waals surface area contributed by atoms with Crippen LogP contribution in [0.2, 0.25) is 10.2 Å². The number of fused-ring (bicyclic) bond motifs is 1. The highest BCUT2D eigenvalue weighted by atomic mass is 35.5. The molecular weight excluding hydrogens is 583 g/mol. The Morgan fingerprint density at radius 3 is 2.52 bits per heavy atom. The van der Waals surface area contributed by atoms with Crippen molar-refractivity contribution in [2.45, 2.75) is 12.5 Å². The fourth-order valence-electron chi connectivity index (χ4n) is 4.97. The number of carbonyl (C=O) groups is 3. The molecule has 1 unspecified atom stereocenters. The number of carbonyl (C=O) groups excluding carboxylic acids is 3. The Morgan fingerprint density at radius 2 is 1.79 bits per heavy atom. The summed E-state index contributed by atoms with van der Waals surface area (Å²) < 4.78 is 4.70. The molecule has 2 aromatic carbocycles. The van der Waals surface area contributed by atoms with Gasteiger partial charge in [0.1, 0.15) is 19.1 Å². The standard InChI is InChI=1S/C27H24Cl2N10O3/c1-35-8-7-19(32-35)11-23(27(42)30-18-4-5-20-16(9-18)12-36(2)33-20)38-15-25(40)37(14-26(38)41)22-10-17(28)3-6-21(22)39-13-24(29)31-34-39/h3-10,12-13,23H,11,14-15H2,1-2H3,(H,30,42). The van der Waals surface area contributed by atoms with Gasteiger partial charge < -0.3 is 10.2 Å². The maximum absolute atomic E-state index is 13.7. The molecule has 3 amide bonds. The lowest BCUT2D eigenvalue weighted by Crippen LogP contribution is -2.60. The van der Waals surface area contributed by atoms with E-state index in [-0.39, 0.29) is 24.7 Å². The Labute approximate surface area is 249 Å². The first-order valence-electron chi connectivity index (χ1n) is 12.8. The van der Waals surface area contributed by atoms with Crippen LogP contribution in [0.15, 0.2) is 61.1 Å². The largest absolute Gasteiger partial charge is 0.324 e. The van der Waals surface area contributed by atoms with Gasteiger partial charge in [-0.3, -0.25) is 28.6 Å². The van der Waals surface area contributed by atoms with Crippen molar-refractivity contribution < 1.29 is 14.4 Å². The van der Waals surface area contributed by atoms with Crippen LogP contribution in [0.25, 0.3) is 16.6 Å². The average Bonchev–Trinajstić information content (AvgIpc) is 3.67. The Hall–Kier alpha value is -4.75. The van der Waals surface area contributed by atoms with Crippen molar-refractivity contribution in [3.63, 3.8) is 0 Å². The Balaban J connectivity index is 1.29. The molecule has 1 fully saturated rings. The van der Waals surface area contributed by atoms with E-state index < -0.39 is 23.8 Å². The third kappa shape index (κ3) is 5.43. The van der Waals surface area contributed by atoms with Gasteiger partial charge in [-0.2, -0.15) is 10.2 Å². The first-order valence-corrected chi connectivity index (χ1v) is 13.6. The van der Waals surface area contributed by atoms with Gasteiger partial charge in [0.2, 0.25) is 17.7 Å². The summed E-state index contributed by atoms with van der Waals surface area (Å²) in [7, 11) is 3.58. The number of halogens is 2. The molecule has 1 N–H and O–H groups in total. The molecule has 3 aromatic heterocycles. The number of aromatic nitrogens is 7. The van der Waals surface area contributed by atoms with Crippen molar-refractivity contribution in [1.29, 1.82) is 0 Å². The molecule has 13 nitrogen and oxygen atoms in total. The molecule has 1 atom stereocenters. The monoisotopic (exact) mass is 606 g/mol. The van der Waals surface area contributed by atoms with Gasteiger partial charge in [-0.05, 0) is 42.5 Å². The summed E-state index contributed by atoms with van der Waals surface area (Å²) in [6.07, 6.45) is 5.19. The highest BCUT2D eigenvalue weighted by Crippen LogP contribution is 2.30. The minimum atomic E-state index is -1.00. The van der Waals surface area contributed by atoms with Crippen molar-refractivity contribution in [3.8, 4) is 5.69 Å². The first kappa shape index (κ1) is 27.4. The molecule has 5 aromatic rings. The van der Waals surface area contributed by atoms with Crippen LogP contribution in [0.3, 0.4) is 0 Å². The van der Waals surface area contributed by atoms with Crippen LogP contribution in [0.5, 0.6) is 0 Å². The molecule has 1 aliphatic heterocycles. The summed E-state index contributed by atoms with van der Waals surface area (Å²) in [6.45, 7) is -0.655. The van der Waals surface area contributed by atoms with E-state index in [2.05, 4.69) is 25.8 Å². The summed E-state index contributed by atoms with van der Waals surface area (Å²) in [5.41, 5.74) is 2.74. The number of hydrogen-bond acceptors (Lipinski definition) is 7. The zero-order valence-electron chi connectivity index (χ0n) is 22.5. The first-order chi connectivity index (χ1) is 20.1. The van der Waals surface area contributed by atoms with E-state index in [0.717, 1.165) is 10.9 Å². The maximum Gasteiger partial charge on any atom is 0.247 e. The minimum absolute atomic E-state index is 0.112. The molecule has 15 heteroatoms. The lowest BCUT2D eigenvalue weighted by atomic mass is 10.1. The Kier molecular flexibility index (Phi) is 7.12. The average molecular weight is 607 g/mol. The summed E-state index contributed by atoms with van der Waals surface area (Å²) in [5.74, 6) is -1.27. The number of amides is 3. The van der Waals surface area contributed by atoms with Crippen LogP contribution in [0.4, 0.5) is 11.4 Å². The fraction of sp³-hybridized carbons (Fsp3) is 0.222. The number of benzene rings is 2. The molecule has 0 saturated carbocycles. The topological polar surface area (TPSA) is 136 Å². The van der Waals surface area contributed by atoms with Crippen molar-refractivity contribution in [2.75, 3.05) is 23.3 Å². The molecule has 1 saturated heterocycles. The zero-order chi connectivity index (χ0) is 29.5. The van der Waals surface area contributed by atoms with E-state index in [4.69, 9.17) is 23.2 Å². The van der Waals surface area contributed by atoms with Gasteiger partial charge in [0.05, 0.1) is 28.8 Å². The molecule has 4 heterocycles. The van der Waals surface area contributed by atoms with Gasteiger partial charge in [0, 0.05) is 49.0 Å². The quantitative estimate of drug-likeness (QED) is 0.301. The second kappa shape index (κ2) is 10.9. The van der Waals surface area contributed by atoms with Gasteiger partial charge in [-0.15, -0.1) is 5.10 Å². The van der Waals surface area contributed by atoms with Gasteiger partial charge in [0.25, 0.3) is 0 Å². The third-order valence-corrected chi connectivity index (χ3v) is 7.31. The normalized spacial score (nSPS) is 14.6. The van der Waals surface area contributed by atoms with Gasteiger partial charge in [-0.1, -0.05) is 28.4 Å². The SMILES string of the molecule is Cn1ccc(CC(C(=O)Nc2ccc3nn(C)cc3c2)N2CC(=O)N(c3cc(Cl)ccc3-n3cc(Cl)nn3)CC2=O)n1. The molecule has 0 spiro atoms. The van der Waals surface area contributed by atoms with Crippen LogP contribution >= 0.6 is 23.2 Å². The van der Waals surface area contributed by atoms with E-state index in [0.29, 0.717) is 27.8 Å². The van der Waals surface area contributed by atoms with Crippen LogP contribution in [-0.4, -0.2) is 76.3 Å². The van der Waals surface area contributed by atoms with Gasteiger partial charge >= 0.3 is 0 Å². The third-order valence-electron chi connectivity index (χ3n) is 6.90. The zero-order valence-corrected chi connectivity index (χ0v) is 24.0. The number of rotatable bonds is 7. The molecular formula is C27H24Cl2N10O3. The van der Waals surface area contributed by atoms with E-state index in [1.165, 1.54) is 20.7 Å². The molecule has 0 aliphatic carbocycles. The molecule has 0 radical (unpaired) electrons. The van der Waals surface area contributed by atoms with Crippen molar-refractivity contribution in [1.82, 2.24) is 39.5 Å². The number of nitrogens with one attached hydrogen (secondary N) is 1. The highest BCUT2D eigenvalue weighted by molar-refractivity contribution is 6.31. The Morgan fingerprint density at radius 1 is 0.952 bits per heavy atom. The number of anilines is 2. The smallest absolute Gasteiger partial charge is 0.247 e. The van der Waals surface area contributed by atoms with Crippen molar-refractivity contribution in [3.05, 3.63) is 76.9 Å². The predicted octanol–water partition coefficient (Wildman–Crippen LogP) is 2.62. The van der Waals surface area contributed by atoms with Crippen LogP contribution in [-0.2, 0) is 34.9 Å². The summed E-state index contributed by atoms with van der Waals surface area (Å²) in [6, 6.07) is 11.0. The van der Waals surface area contributed by atoms with E-state index in [1.54, 1.807) is 65.1 Å². The predicted molar refractivity (Wildman–Crippen MR) is 155 cm³/mol. The molecule has 6 rings (SSSR count). The van der Waals surface area contributed by atoms with Crippen molar-refractivity contribution >= 4 is 63.2 Å². The summed E-state index contributed by atoms with van der Waals surface area (Å²) in [5, 5.41) is 20.8. The van der Waals surface area contributed by atoms with E-state index >= 15 is 0 Å².